The molecule has 1 aromatic rings. The van der Waals surface area contributed by atoms with Gasteiger partial charge in [-0.15, -0.1) is 0 Å². The first-order chi connectivity index (χ1) is 4.72. The Morgan fingerprint density at radius 1 is 1.20 bits per heavy atom. The summed E-state index contributed by atoms with van der Waals surface area (Å²) in [5.74, 6) is 0. The Kier molecular flexibility index (Phi) is 2.10. The monoisotopic (exact) mass is 133 g/mol. The number of aryl methyl sites for hydroxylation is 3. The Morgan fingerprint density at radius 2 is 1.70 bits per heavy atom. The lowest BCUT2D eigenvalue weighted by molar-refractivity contribution is 1.12. The molecule has 0 saturated carbocycles. The van der Waals surface area contributed by atoms with E-state index < -0.39 is 0 Å². The molecule has 0 aliphatic heterocycles. The van der Waals surface area contributed by atoms with Crippen LogP contribution >= 0.6 is 0 Å². The lowest BCUT2D eigenvalue weighted by atomic mass is 10.1. The summed E-state index contributed by atoms with van der Waals surface area (Å²) in [6.07, 6.45) is 1.12. The van der Waals surface area contributed by atoms with Gasteiger partial charge in [0.25, 0.3) is 0 Å². The average Bonchev–Trinajstić information content (AvgIpc) is 1.85. The summed E-state index contributed by atoms with van der Waals surface area (Å²) in [6.45, 7) is 6.35. The molecule has 1 aromatic carbocycles. The van der Waals surface area contributed by atoms with Gasteiger partial charge in [-0.2, -0.15) is 0 Å². The van der Waals surface area contributed by atoms with E-state index in [4.69, 9.17) is 0 Å². The van der Waals surface area contributed by atoms with Crippen LogP contribution in [0.4, 0.5) is 0 Å². The maximum Gasteiger partial charge on any atom is -0.0120 e. The zero-order chi connectivity index (χ0) is 7.56. The molecule has 0 amide bonds. The number of hydrogen-bond acceptors (Lipinski definition) is 0. The van der Waals surface area contributed by atoms with Crippen molar-refractivity contribution in [2.24, 2.45) is 0 Å². The fourth-order valence-electron chi connectivity index (χ4n) is 1.19. The van der Waals surface area contributed by atoms with Crippen molar-refractivity contribution >= 4 is 0 Å². The van der Waals surface area contributed by atoms with Crippen LogP contribution < -0.4 is 0 Å². The Hall–Kier alpha value is -0.780. The maximum absolute atomic E-state index is 3.24. The second-order valence-corrected chi connectivity index (χ2v) is 2.71. The van der Waals surface area contributed by atoms with Gasteiger partial charge in [0.1, 0.15) is 0 Å². The first-order valence-corrected chi connectivity index (χ1v) is 3.72. The SMILES string of the molecule is CCc1cc(C)[c]c(C)c1. The van der Waals surface area contributed by atoms with Crippen LogP contribution in [-0.2, 0) is 6.42 Å². The molecular formula is C10H13. The van der Waals surface area contributed by atoms with E-state index in [1.165, 1.54) is 16.7 Å². The summed E-state index contributed by atoms with van der Waals surface area (Å²) in [5, 5.41) is 0. The Morgan fingerprint density at radius 3 is 2.10 bits per heavy atom. The van der Waals surface area contributed by atoms with Crippen LogP contribution in [0, 0.1) is 19.9 Å². The van der Waals surface area contributed by atoms with Crippen LogP contribution in [0.2, 0.25) is 0 Å². The van der Waals surface area contributed by atoms with Gasteiger partial charge in [-0.05, 0) is 43.0 Å². The molecule has 10 heavy (non-hydrogen) atoms. The third-order valence-corrected chi connectivity index (χ3v) is 1.61. The molecule has 53 valence electrons. The van der Waals surface area contributed by atoms with Gasteiger partial charge < -0.3 is 0 Å². The first-order valence-electron chi connectivity index (χ1n) is 3.72. The third kappa shape index (κ3) is 1.60. The van der Waals surface area contributed by atoms with Crippen LogP contribution in [0.15, 0.2) is 12.1 Å². The minimum absolute atomic E-state index is 1.12. The smallest absolute Gasteiger partial charge is 0.0120 e. The standard InChI is InChI=1S/C10H13/c1-4-10-6-8(2)5-9(3)7-10/h6-7H,4H2,1-3H3. The summed E-state index contributed by atoms with van der Waals surface area (Å²) in [4.78, 5) is 0. The first kappa shape index (κ1) is 7.33. The zero-order valence-corrected chi connectivity index (χ0v) is 6.86. The topological polar surface area (TPSA) is 0 Å². The molecule has 1 radical (unpaired) electrons. The van der Waals surface area contributed by atoms with E-state index in [1.807, 2.05) is 0 Å². The molecule has 0 nitrogen and oxygen atoms in total. The summed E-state index contributed by atoms with van der Waals surface area (Å²) < 4.78 is 0. The van der Waals surface area contributed by atoms with Gasteiger partial charge in [0.15, 0.2) is 0 Å². The van der Waals surface area contributed by atoms with Crippen molar-refractivity contribution in [1.82, 2.24) is 0 Å². The Labute approximate surface area is 62.9 Å². The summed E-state index contributed by atoms with van der Waals surface area (Å²) in [6, 6.07) is 7.62. The van der Waals surface area contributed by atoms with Gasteiger partial charge in [0.2, 0.25) is 0 Å². The highest BCUT2D eigenvalue weighted by atomic mass is 14.0. The molecule has 0 aromatic heterocycles. The van der Waals surface area contributed by atoms with Crippen LogP contribution in [0.1, 0.15) is 23.6 Å². The molecule has 0 fully saturated rings. The van der Waals surface area contributed by atoms with Gasteiger partial charge >= 0.3 is 0 Å². The molecule has 1 rings (SSSR count). The van der Waals surface area contributed by atoms with Gasteiger partial charge in [-0.25, -0.2) is 0 Å². The van der Waals surface area contributed by atoms with Crippen LogP contribution in [0.3, 0.4) is 0 Å². The maximum atomic E-state index is 3.24. The van der Waals surface area contributed by atoms with E-state index in [0.717, 1.165) is 6.42 Å². The van der Waals surface area contributed by atoms with Crippen molar-refractivity contribution in [2.75, 3.05) is 0 Å². The molecule has 0 aliphatic carbocycles. The predicted molar refractivity (Wildman–Crippen MR) is 44.1 cm³/mol. The van der Waals surface area contributed by atoms with E-state index in [9.17, 15) is 0 Å². The Bertz CT molecular complexity index is 203. The molecular weight excluding hydrogens is 120 g/mol. The van der Waals surface area contributed by atoms with E-state index >= 15 is 0 Å². The number of benzene rings is 1. The molecule has 0 saturated heterocycles. The average molecular weight is 133 g/mol. The van der Waals surface area contributed by atoms with E-state index in [-0.39, 0.29) is 0 Å². The van der Waals surface area contributed by atoms with E-state index in [2.05, 4.69) is 39.0 Å². The molecule has 0 spiro atoms. The van der Waals surface area contributed by atoms with Crippen LogP contribution in [-0.4, -0.2) is 0 Å². The van der Waals surface area contributed by atoms with Crippen LogP contribution in [0.5, 0.6) is 0 Å². The molecule has 0 aliphatic rings. The number of rotatable bonds is 1. The Balaban J connectivity index is 3.06. The summed E-state index contributed by atoms with van der Waals surface area (Å²) in [7, 11) is 0. The van der Waals surface area contributed by atoms with Crippen molar-refractivity contribution in [2.45, 2.75) is 27.2 Å². The minimum atomic E-state index is 1.12. The molecule has 0 bridgehead atoms. The second-order valence-electron chi connectivity index (χ2n) is 2.71. The summed E-state index contributed by atoms with van der Waals surface area (Å²) in [5.41, 5.74) is 3.91. The van der Waals surface area contributed by atoms with Crippen molar-refractivity contribution in [3.8, 4) is 0 Å². The molecule has 0 atom stereocenters. The molecule has 0 N–H and O–H groups in total. The van der Waals surface area contributed by atoms with Crippen molar-refractivity contribution in [3.63, 3.8) is 0 Å². The van der Waals surface area contributed by atoms with Gasteiger partial charge in [-0.3, -0.25) is 0 Å². The zero-order valence-electron chi connectivity index (χ0n) is 6.86. The normalized spacial score (nSPS) is 9.90. The van der Waals surface area contributed by atoms with Crippen molar-refractivity contribution in [1.29, 1.82) is 0 Å². The number of hydrogen-bond donors (Lipinski definition) is 0. The highest BCUT2D eigenvalue weighted by Crippen LogP contribution is 2.07. The van der Waals surface area contributed by atoms with Crippen molar-refractivity contribution in [3.05, 3.63) is 34.9 Å². The van der Waals surface area contributed by atoms with Gasteiger partial charge in [0, 0.05) is 0 Å². The van der Waals surface area contributed by atoms with Crippen molar-refractivity contribution < 1.29 is 0 Å². The molecule has 0 unspecified atom stereocenters. The van der Waals surface area contributed by atoms with Crippen LogP contribution in [0.25, 0.3) is 0 Å². The van der Waals surface area contributed by atoms with E-state index in [0.29, 0.717) is 0 Å². The third-order valence-electron chi connectivity index (χ3n) is 1.61. The van der Waals surface area contributed by atoms with Gasteiger partial charge in [-0.1, -0.05) is 19.1 Å². The van der Waals surface area contributed by atoms with E-state index in [1.54, 1.807) is 0 Å². The minimum Gasteiger partial charge on any atom is -0.0613 e. The second kappa shape index (κ2) is 2.87. The quantitative estimate of drug-likeness (QED) is 0.552. The lowest BCUT2D eigenvalue weighted by Gasteiger charge is -1.99. The fourth-order valence-corrected chi connectivity index (χ4v) is 1.19. The largest absolute Gasteiger partial charge is 0.0613 e. The molecule has 0 heteroatoms. The molecule has 0 heterocycles. The highest BCUT2D eigenvalue weighted by molar-refractivity contribution is 5.26. The lowest BCUT2D eigenvalue weighted by Crippen LogP contribution is -1.84. The predicted octanol–water partition coefficient (Wildman–Crippen LogP) is 2.67. The van der Waals surface area contributed by atoms with Gasteiger partial charge in [0.05, 0.1) is 0 Å². The summed E-state index contributed by atoms with van der Waals surface area (Å²) >= 11 is 0. The fraction of sp³-hybridized carbons (Fsp3) is 0.400. The highest BCUT2D eigenvalue weighted by Gasteiger charge is 1.91.